The van der Waals surface area contributed by atoms with Crippen LogP contribution in [0, 0.1) is 0 Å². The van der Waals surface area contributed by atoms with E-state index in [4.69, 9.17) is 0 Å². The Hall–Kier alpha value is -1.36. The molecule has 0 fully saturated rings. The van der Waals surface area contributed by atoms with Crippen LogP contribution in [0.3, 0.4) is 0 Å². The number of pyridine rings is 1. The van der Waals surface area contributed by atoms with Crippen molar-refractivity contribution in [1.29, 1.82) is 0 Å². The lowest BCUT2D eigenvalue weighted by Gasteiger charge is -2.14. The van der Waals surface area contributed by atoms with Crippen LogP contribution in [0.5, 0.6) is 0 Å². The molecule has 0 aliphatic rings. The predicted octanol–water partition coefficient (Wildman–Crippen LogP) is 2.54. The third-order valence-electron chi connectivity index (χ3n) is 2.14. The normalized spacial score (nSPS) is 12.4. The van der Waals surface area contributed by atoms with Gasteiger partial charge in [-0.1, -0.05) is 0 Å². The van der Waals surface area contributed by atoms with E-state index in [0.717, 1.165) is 16.7 Å². The molecule has 1 N–H and O–H groups in total. The van der Waals surface area contributed by atoms with Crippen molar-refractivity contribution in [3.8, 4) is 0 Å². The van der Waals surface area contributed by atoms with Crippen LogP contribution in [0.2, 0.25) is 0 Å². The third kappa shape index (κ3) is 3.06. The number of hydrogen-bond donors (Lipinski definition) is 1. The summed E-state index contributed by atoms with van der Waals surface area (Å²) in [5.74, 6) is 0. The number of hydrogen-bond acceptors (Lipinski definition) is 3. The Balaban J connectivity index is 1.92. The zero-order valence-corrected chi connectivity index (χ0v) is 10.6. The van der Waals surface area contributed by atoms with Gasteiger partial charge in [0.2, 0.25) is 0 Å². The summed E-state index contributed by atoms with van der Waals surface area (Å²) >= 11 is 3.38. The van der Waals surface area contributed by atoms with Crippen molar-refractivity contribution in [2.45, 2.75) is 19.5 Å². The highest BCUT2D eigenvalue weighted by molar-refractivity contribution is 9.10. The molecule has 0 amide bonds. The molecule has 0 saturated carbocycles. The van der Waals surface area contributed by atoms with E-state index in [0.29, 0.717) is 6.04 Å². The summed E-state index contributed by atoms with van der Waals surface area (Å²) in [6, 6.07) is 4.22. The zero-order valence-electron chi connectivity index (χ0n) is 8.97. The molecule has 2 aromatic rings. The van der Waals surface area contributed by atoms with Crippen molar-refractivity contribution in [2.24, 2.45) is 0 Å². The van der Waals surface area contributed by atoms with Crippen LogP contribution in [-0.4, -0.2) is 20.8 Å². The minimum Gasteiger partial charge on any atom is -0.379 e. The molecule has 5 heteroatoms. The highest BCUT2D eigenvalue weighted by atomic mass is 79.9. The van der Waals surface area contributed by atoms with E-state index in [1.807, 2.05) is 29.2 Å². The maximum atomic E-state index is 4.21. The van der Waals surface area contributed by atoms with Crippen molar-refractivity contribution >= 4 is 21.6 Å². The molecule has 16 heavy (non-hydrogen) atoms. The van der Waals surface area contributed by atoms with Gasteiger partial charge in [-0.15, -0.1) is 0 Å². The van der Waals surface area contributed by atoms with Gasteiger partial charge in [0.1, 0.15) is 0 Å². The van der Waals surface area contributed by atoms with Gasteiger partial charge in [0.25, 0.3) is 0 Å². The van der Waals surface area contributed by atoms with E-state index in [9.17, 15) is 0 Å². The molecule has 0 saturated heterocycles. The average Bonchev–Trinajstić information content (AvgIpc) is 2.65. The Labute approximate surface area is 103 Å². The standard InChI is InChI=1S/C11H13BrN4/c1-9(7-16-8-10(12)5-14-16)15-11-3-2-4-13-6-11/h2-6,8-9,15H,7H2,1H3. The highest BCUT2D eigenvalue weighted by Gasteiger charge is 2.03. The molecule has 0 aliphatic heterocycles. The monoisotopic (exact) mass is 280 g/mol. The minimum atomic E-state index is 0.302. The van der Waals surface area contributed by atoms with Gasteiger partial charge in [0.15, 0.2) is 0 Å². The van der Waals surface area contributed by atoms with E-state index in [1.54, 1.807) is 12.4 Å². The first-order valence-electron chi connectivity index (χ1n) is 5.08. The SMILES string of the molecule is CC(Cn1cc(Br)cn1)Nc1cccnc1. The Bertz CT molecular complexity index is 440. The van der Waals surface area contributed by atoms with Gasteiger partial charge >= 0.3 is 0 Å². The smallest absolute Gasteiger partial charge is 0.0632 e. The number of rotatable bonds is 4. The fourth-order valence-corrected chi connectivity index (χ4v) is 1.82. The zero-order chi connectivity index (χ0) is 11.4. The minimum absolute atomic E-state index is 0.302. The molecule has 2 rings (SSSR count). The fraction of sp³-hybridized carbons (Fsp3) is 0.273. The third-order valence-corrected chi connectivity index (χ3v) is 2.55. The molecule has 2 heterocycles. The first kappa shape index (κ1) is 11.1. The van der Waals surface area contributed by atoms with Crippen LogP contribution in [0.25, 0.3) is 0 Å². The average molecular weight is 281 g/mol. The number of nitrogens with zero attached hydrogens (tertiary/aromatic N) is 3. The van der Waals surface area contributed by atoms with Gasteiger partial charge in [-0.3, -0.25) is 9.67 Å². The van der Waals surface area contributed by atoms with Crippen molar-refractivity contribution in [3.05, 3.63) is 41.4 Å². The van der Waals surface area contributed by atoms with Crippen molar-refractivity contribution in [3.63, 3.8) is 0 Å². The van der Waals surface area contributed by atoms with E-state index >= 15 is 0 Å². The van der Waals surface area contributed by atoms with Gasteiger partial charge < -0.3 is 5.32 Å². The molecule has 2 aromatic heterocycles. The summed E-state index contributed by atoms with van der Waals surface area (Å²) in [7, 11) is 0. The summed E-state index contributed by atoms with van der Waals surface area (Å²) in [5, 5.41) is 7.57. The van der Waals surface area contributed by atoms with Gasteiger partial charge in [0, 0.05) is 24.6 Å². The maximum Gasteiger partial charge on any atom is 0.0632 e. The van der Waals surface area contributed by atoms with Crippen molar-refractivity contribution in [2.75, 3.05) is 5.32 Å². The van der Waals surface area contributed by atoms with Gasteiger partial charge in [-0.2, -0.15) is 5.10 Å². The Morgan fingerprint density at radius 1 is 1.50 bits per heavy atom. The Morgan fingerprint density at radius 3 is 3.00 bits per heavy atom. The lowest BCUT2D eigenvalue weighted by atomic mass is 10.3. The summed E-state index contributed by atoms with van der Waals surface area (Å²) in [5.41, 5.74) is 1.03. The topological polar surface area (TPSA) is 42.7 Å². The van der Waals surface area contributed by atoms with Crippen LogP contribution in [-0.2, 0) is 6.54 Å². The predicted molar refractivity (Wildman–Crippen MR) is 67.2 cm³/mol. The molecule has 1 atom stereocenters. The molecule has 0 spiro atoms. The summed E-state index contributed by atoms with van der Waals surface area (Å²) in [6.45, 7) is 2.93. The molecule has 1 unspecified atom stereocenters. The molecular formula is C11H13BrN4. The van der Waals surface area contributed by atoms with E-state index < -0.39 is 0 Å². The van der Waals surface area contributed by atoms with Gasteiger partial charge in [0.05, 0.1) is 22.9 Å². The van der Waals surface area contributed by atoms with Crippen LogP contribution < -0.4 is 5.32 Å². The molecular weight excluding hydrogens is 268 g/mol. The fourth-order valence-electron chi connectivity index (χ4n) is 1.50. The quantitative estimate of drug-likeness (QED) is 0.936. The first-order chi connectivity index (χ1) is 7.74. The first-order valence-corrected chi connectivity index (χ1v) is 5.88. The molecule has 0 bridgehead atoms. The second-order valence-electron chi connectivity index (χ2n) is 3.67. The maximum absolute atomic E-state index is 4.21. The van der Waals surface area contributed by atoms with Crippen LogP contribution in [0.1, 0.15) is 6.92 Å². The summed E-state index contributed by atoms with van der Waals surface area (Å²) < 4.78 is 2.90. The second kappa shape index (κ2) is 5.12. The highest BCUT2D eigenvalue weighted by Crippen LogP contribution is 2.09. The lowest BCUT2D eigenvalue weighted by molar-refractivity contribution is 0.560. The molecule has 84 valence electrons. The Morgan fingerprint density at radius 2 is 2.38 bits per heavy atom. The van der Waals surface area contributed by atoms with E-state index in [2.05, 4.69) is 38.3 Å². The van der Waals surface area contributed by atoms with E-state index in [1.165, 1.54) is 0 Å². The number of halogens is 1. The number of anilines is 1. The lowest BCUT2D eigenvalue weighted by Crippen LogP contribution is -2.22. The summed E-state index contributed by atoms with van der Waals surface area (Å²) in [4.78, 5) is 4.06. The van der Waals surface area contributed by atoms with Crippen molar-refractivity contribution < 1.29 is 0 Å². The van der Waals surface area contributed by atoms with Crippen molar-refractivity contribution in [1.82, 2.24) is 14.8 Å². The largest absolute Gasteiger partial charge is 0.379 e. The van der Waals surface area contributed by atoms with Crippen LogP contribution in [0.4, 0.5) is 5.69 Å². The van der Waals surface area contributed by atoms with Crippen LogP contribution >= 0.6 is 15.9 Å². The molecule has 0 radical (unpaired) electrons. The summed E-state index contributed by atoms with van der Waals surface area (Å²) in [6.07, 6.45) is 7.33. The van der Waals surface area contributed by atoms with Gasteiger partial charge in [-0.05, 0) is 35.0 Å². The molecule has 4 nitrogen and oxygen atoms in total. The molecule has 0 aromatic carbocycles. The number of aromatic nitrogens is 3. The molecule has 0 aliphatic carbocycles. The second-order valence-corrected chi connectivity index (χ2v) is 4.58. The number of nitrogens with one attached hydrogen (secondary N) is 1. The van der Waals surface area contributed by atoms with E-state index in [-0.39, 0.29) is 0 Å². The van der Waals surface area contributed by atoms with Gasteiger partial charge in [-0.25, -0.2) is 0 Å². The van der Waals surface area contributed by atoms with Crippen LogP contribution in [0.15, 0.2) is 41.4 Å². The Kier molecular flexibility index (Phi) is 3.56.